The van der Waals surface area contributed by atoms with Crippen molar-refractivity contribution >= 4 is 17.5 Å². The Morgan fingerprint density at radius 1 is 1.04 bits per heavy atom. The highest BCUT2D eigenvalue weighted by molar-refractivity contribution is 5.98. The average Bonchev–Trinajstić information content (AvgIpc) is 2.71. The highest BCUT2D eigenvalue weighted by Gasteiger charge is 2.16. The molecule has 0 heterocycles. The molecule has 0 aliphatic carbocycles. The average molecular weight is 386 g/mol. The van der Waals surface area contributed by atoms with Crippen LogP contribution in [0.25, 0.3) is 0 Å². The predicted molar refractivity (Wildman–Crippen MR) is 107 cm³/mol. The fraction of sp³-hybridized carbons (Fsp3) is 0.333. The normalized spacial score (nSPS) is 11.4. The van der Waals surface area contributed by atoms with Crippen molar-refractivity contribution in [3.05, 3.63) is 54.1 Å². The second-order valence-electron chi connectivity index (χ2n) is 6.11. The van der Waals surface area contributed by atoms with Crippen LogP contribution in [0.1, 0.15) is 23.7 Å². The molecule has 1 unspecified atom stereocenters. The summed E-state index contributed by atoms with van der Waals surface area (Å²) in [4.78, 5) is 24.6. The summed E-state index contributed by atoms with van der Waals surface area (Å²) >= 11 is 0. The minimum atomic E-state index is -0.708. The lowest BCUT2D eigenvalue weighted by Gasteiger charge is -2.15. The minimum Gasteiger partial charge on any atom is -0.497 e. The quantitative estimate of drug-likeness (QED) is 0.613. The third-order valence-corrected chi connectivity index (χ3v) is 3.94. The van der Waals surface area contributed by atoms with Gasteiger partial charge < -0.3 is 24.8 Å². The van der Waals surface area contributed by atoms with Crippen LogP contribution >= 0.6 is 0 Å². The smallest absolute Gasteiger partial charge is 0.265 e. The van der Waals surface area contributed by atoms with E-state index >= 15 is 0 Å². The fourth-order valence-electron chi connectivity index (χ4n) is 2.41. The number of hydrogen-bond donors (Lipinski definition) is 2. The third-order valence-electron chi connectivity index (χ3n) is 3.94. The molecule has 0 saturated heterocycles. The highest BCUT2D eigenvalue weighted by atomic mass is 16.5. The van der Waals surface area contributed by atoms with E-state index in [1.54, 1.807) is 69.7 Å². The summed E-state index contributed by atoms with van der Waals surface area (Å²) < 4.78 is 15.7. The van der Waals surface area contributed by atoms with Crippen LogP contribution in [-0.4, -0.2) is 45.3 Å². The van der Waals surface area contributed by atoms with Gasteiger partial charge in [-0.1, -0.05) is 6.07 Å². The van der Waals surface area contributed by atoms with Gasteiger partial charge in [0, 0.05) is 31.5 Å². The lowest BCUT2D eigenvalue weighted by atomic mass is 10.2. The summed E-state index contributed by atoms with van der Waals surface area (Å²) in [6.07, 6.45) is 0.0266. The van der Waals surface area contributed by atoms with Gasteiger partial charge in [0.1, 0.15) is 11.5 Å². The van der Waals surface area contributed by atoms with Gasteiger partial charge in [-0.15, -0.1) is 0 Å². The largest absolute Gasteiger partial charge is 0.497 e. The van der Waals surface area contributed by atoms with E-state index in [9.17, 15) is 9.59 Å². The van der Waals surface area contributed by atoms with Crippen molar-refractivity contribution in [1.29, 1.82) is 0 Å². The molecule has 2 aromatic rings. The summed E-state index contributed by atoms with van der Waals surface area (Å²) in [7, 11) is 3.20. The second kappa shape index (κ2) is 10.9. The van der Waals surface area contributed by atoms with Crippen molar-refractivity contribution in [3.8, 4) is 11.5 Å². The number of hydrogen-bond acceptors (Lipinski definition) is 5. The zero-order valence-corrected chi connectivity index (χ0v) is 16.4. The van der Waals surface area contributed by atoms with Gasteiger partial charge in [0.05, 0.1) is 7.11 Å². The first-order valence-corrected chi connectivity index (χ1v) is 9.02. The Morgan fingerprint density at radius 3 is 2.43 bits per heavy atom. The standard InChI is InChI=1S/C21H26N2O5/c1-15(28-19-10-8-18(27-3)9-11-19)20(24)23-17-7-4-6-16(14-17)21(25)22-12-5-13-26-2/h4,6-11,14-15H,5,12-13H2,1-3H3,(H,22,25)(H,23,24). The Morgan fingerprint density at radius 2 is 1.75 bits per heavy atom. The molecule has 0 saturated carbocycles. The SMILES string of the molecule is COCCCNC(=O)c1cccc(NC(=O)C(C)Oc2ccc(OC)cc2)c1. The predicted octanol–water partition coefficient (Wildman–Crippen LogP) is 2.87. The van der Waals surface area contributed by atoms with Crippen molar-refractivity contribution in [2.45, 2.75) is 19.4 Å². The maximum absolute atomic E-state index is 12.4. The Balaban J connectivity index is 1.90. The molecule has 1 atom stereocenters. The van der Waals surface area contributed by atoms with E-state index in [-0.39, 0.29) is 11.8 Å². The van der Waals surface area contributed by atoms with E-state index in [1.165, 1.54) is 0 Å². The van der Waals surface area contributed by atoms with Gasteiger partial charge in [-0.3, -0.25) is 9.59 Å². The van der Waals surface area contributed by atoms with Crippen LogP contribution in [0.15, 0.2) is 48.5 Å². The van der Waals surface area contributed by atoms with Crippen LogP contribution in [0, 0.1) is 0 Å². The summed E-state index contributed by atoms with van der Waals surface area (Å²) in [5.74, 6) is 0.762. The number of nitrogens with one attached hydrogen (secondary N) is 2. The number of anilines is 1. The molecule has 0 bridgehead atoms. The van der Waals surface area contributed by atoms with Crippen LogP contribution in [0.3, 0.4) is 0 Å². The molecule has 2 amide bonds. The Bertz CT molecular complexity index is 777. The molecule has 150 valence electrons. The van der Waals surface area contributed by atoms with Crippen molar-refractivity contribution < 1.29 is 23.8 Å². The fourth-order valence-corrected chi connectivity index (χ4v) is 2.41. The first kappa shape index (κ1) is 21.2. The van der Waals surface area contributed by atoms with E-state index in [0.717, 1.165) is 6.42 Å². The molecule has 0 aliphatic heterocycles. The summed E-state index contributed by atoms with van der Waals surface area (Å²) in [6, 6.07) is 13.7. The van der Waals surface area contributed by atoms with Gasteiger partial charge in [0.15, 0.2) is 6.10 Å². The number of ether oxygens (including phenoxy) is 3. The molecule has 0 fully saturated rings. The monoisotopic (exact) mass is 386 g/mol. The topological polar surface area (TPSA) is 85.9 Å². The number of methoxy groups -OCH3 is 2. The second-order valence-corrected chi connectivity index (χ2v) is 6.11. The Kier molecular flexibility index (Phi) is 8.30. The van der Waals surface area contributed by atoms with E-state index in [2.05, 4.69) is 10.6 Å². The van der Waals surface area contributed by atoms with Gasteiger partial charge in [0.25, 0.3) is 11.8 Å². The maximum atomic E-state index is 12.4. The van der Waals surface area contributed by atoms with Crippen molar-refractivity contribution in [2.24, 2.45) is 0 Å². The molecule has 2 aromatic carbocycles. The first-order valence-electron chi connectivity index (χ1n) is 9.02. The van der Waals surface area contributed by atoms with Crippen LogP contribution < -0.4 is 20.1 Å². The van der Waals surface area contributed by atoms with Gasteiger partial charge in [-0.2, -0.15) is 0 Å². The molecule has 2 rings (SSSR count). The number of rotatable bonds is 10. The summed E-state index contributed by atoms with van der Waals surface area (Å²) in [5.41, 5.74) is 0.999. The van der Waals surface area contributed by atoms with E-state index in [1.807, 2.05) is 0 Å². The van der Waals surface area contributed by atoms with Crippen LogP contribution in [0.2, 0.25) is 0 Å². The molecule has 0 spiro atoms. The van der Waals surface area contributed by atoms with Crippen LogP contribution in [0.4, 0.5) is 5.69 Å². The molecule has 2 N–H and O–H groups in total. The molecule has 0 aliphatic rings. The van der Waals surface area contributed by atoms with Gasteiger partial charge in [-0.25, -0.2) is 0 Å². The van der Waals surface area contributed by atoms with Gasteiger partial charge in [-0.05, 0) is 55.8 Å². The van der Waals surface area contributed by atoms with Gasteiger partial charge in [0.2, 0.25) is 0 Å². The van der Waals surface area contributed by atoms with E-state index < -0.39 is 6.10 Å². The van der Waals surface area contributed by atoms with Crippen LogP contribution in [0.5, 0.6) is 11.5 Å². The zero-order valence-electron chi connectivity index (χ0n) is 16.4. The zero-order chi connectivity index (χ0) is 20.4. The van der Waals surface area contributed by atoms with Crippen LogP contribution in [-0.2, 0) is 9.53 Å². The number of carbonyl (C=O) groups is 2. The Labute approximate surface area is 165 Å². The van der Waals surface area contributed by atoms with Gasteiger partial charge >= 0.3 is 0 Å². The summed E-state index contributed by atoms with van der Waals surface area (Å²) in [5, 5.41) is 5.58. The summed E-state index contributed by atoms with van der Waals surface area (Å²) in [6.45, 7) is 2.77. The Hall–Kier alpha value is -3.06. The van der Waals surface area contributed by atoms with E-state index in [0.29, 0.717) is 35.9 Å². The lowest BCUT2D eigenvalue weighted by Crippen LogP contribution is -2.30. The van der Waals surface area contributed by atoms with Crippen molar-refractivity contribution in [1.82, 2.24) is 5.32 Å². The lowest BCUT2D eigenvalue weighted by molar-refractivity contribution is -0.122. The maximum Gasteiger partial charge on any atom is 0.265 e. The minimum absolute atomic E-state index is 0.199. The molecular weight excluding hydrogens is 360 g/mol. The third kappa shape index (κ3) is 6.59. The number of carbonyl (C=O) groups excluding carboxylic acids is 2. The molecule has 7 heteroatoms. The molecule has 28 heavy (non-hydrogen) atoms. The van der Waals surface area contributed by atoms with Crippen molar-refractivity contribution in [3.63, 3.8) is 0 Å². The molecule has 7 nitrogen and oxygen atoms in total. The van der Waals surface area contributed by atoms with E-state index in [4.69, 9.17) is 14.2 Å². The molecular formula is C21H26N2O5. The first-order chi connectivity index (χ1) is 13.5. The number of benzene rings is 2. The highest BCUT2D eigenvalue weighted by Crippen LogP contribution is 2.19. The molecule has 0 aromatic heterocycles. The number of amides is 2. The molecule has 0 radical (unpaired) electrons. The van der Waals surface area contributed by atoms with Crippen molar-refractivity contribution in [2.75, 3.05) is 32.7 Å².